The summed E-state index contributed by atoms with van der Waals surface area (Å²) in [7, 11) is 1.67. The molecule has 31 heavy (non-hydrogen) atoms. The Balaban J connectivity index is 0.00000231. The molecule has 0 unspecified atom stereocenters. The second-order valence-corrected chi connectivity index (χ2v) is 9.51. The molecule has 0 bridgehead atoms. The molecule has 1 spiro atoms. The third-order valence-electron chi connectivity index (χ3n) is 6.87. The Morgan fingerprint density at radius 2 is 2.00 bits per heavy atom. The first kappa shape index (κ1) is 22.6. The predicted molar refractivity (Wildman–Crippen MR) is 122 cm³/mol. The van der Waals surface area contributed by atoms with Gasteiger partial charge in [0.05, 0.1) is 29.0 Å². The van der Waals surface area contributed by atoms with E-state index in [0.29, 0.717) is 13.1 Å². The number of fused-ring (bicyclic) bond motifs is 2. The Morgan fingerprint density at radius 1 is 1.23 bits per heavy atom. The SMILES string of the molecule is COC1(C(=O)N2CCC3(CC2)OCCc2sc(-c4cnccn4)cc23)CCNCC1.Cl. The number of aromatic nitrogens is 2. The van der Waals surface area contributed by atoms with Gasteiger partial charge in [-0.1, -0.05) is 0 Å². The van der Waals surface area contributed by atoms with Crippen LogP contribution in [0.1, 0.15) is 36.1 Å². The molecule has 0 aliphatic carbocycles. The molecule has 0 atom stereocenters. The number of rotatable bonds is 3. The van der Waals surface area contributed by atoms with Gasteiger partial charge in [-0.15, -0.1) is 23.7 Å². The highest BCUT2D eigenvalue weighted by atomic mass is 35.5. The van der Waals surface area contributed by atoms with Gasteiger partial charge in [-0.2, -0.15) is 0 Å². The summed E-state index contributed by atoms with van der Waals surface area (Å²) in [4.78, 5) is 26.5. The van der Waals surface area contributed by atoms with E-state index in [1.807, 2.05) is 11.1 Å². The number of piperidine rings is 2. The molecule has 0 aromatic carbocycles. The number of thiophene rings is 1. The highest BCUT2D eigenvalue weighted by Crippen LogP contribution is 2.46. The number of halogens is 1. The molecule has 5 heterocycles. The molecule has 7 nitrogen and oxygen atoms in total. The second-order valence-electron chi connectivity index (χ2n) is 8.37. The van der Waals surface area contributed by atoms with Crippen molar-refractivity contribution in [2.24, 2.45) is 0 Å². The molecule has 3 aliphatic rings. The van der Waals surface area contributed by atoms with Crippen LogP contribution in [0.5, 0.6) is 0 Å². The Labute approximate surface area is 193 Å². The summed E-state index contributed by atoms with van der Waals surface area (Å²) in [5, 5.41) is 3.33. The van der Waals surface area contributed by atoms with Crippen LogP contribution in [-0.2, 0) is 26.3 Å². The van der Waals surface area contributed by atoms with Gasteiger partial charge in [-0.25, -0.2) is 0 Å². The number of likely N-dealkylation sites (tertiary alicyclic amines) is 1. The van der Waals surface area contributed by atoms with Crippen LogP contribution < -0.4 is 5.32 Å². The van der Waals surface area contributed by atoms with Crippen molar-refractivity contribution in [3.63, 3.8) is 0 Å². The largest absolute Gasteiger partial charge is 0.370 e. The maximum atomic E-state index is 13.3. The fourth-order valence-electron chi connectivity index (χ4n) is 5.08. The van der Waals surface area contributed by atoms with Crippen LogP contribution in [0.4, 0.5) is 0 Å². The van der Waals surface area contributed by atoms with Crippen molar-refractivity contribution in [2.45, 2.75) is 43.3 Å². The number of carbonyl (C=O) groups excluding carboxylic acids is 1. The number of nitrogens with one attached hydrogen (secondary N) is 1. The predicted octanol–water partition coefficient (Wildman–Crippen LogP) is 2.79. The third kappa shape index (κ3) is 4.00. The molecule has 2 fully saturated rings. The minimum absolute atomic E-state index is 0. The topological polar surface area (TPSA) is 76.6 Å². The molecular weight excluding hydrogens is 436 g/mol. The van der Waals surface area contributed by atoms with Gasteiger partial charge < -0.3 is 19.7 Å². The van der Waals surface area contributed by atoms with Gasteiger partial charge in [0.25, 0.3) is 5.91 Å². The van der Waals surface area contributed by atoms with E-state index in [1.165, 1.54) is 10.4 Å². The fourth-order valence-corrected chi connectivity index (χ4v) is 6.27. The Kier molecular flexibility index (Phi) is 6.65. The van der Waals surface area contributed by atoms with Crippen molar-refractivity contribution >= 4 is 29.7 Å². The summed E-state index contributed by atoms with van der Waals surface area (Å²) < 4.78 is 12.2. The molecule has 1 N–H and O–H groups in total. The summed E-state index contributed by atoms with van der Waals surface area (Å²) in [5.41, 5.74) is 1.23. The third-order valence-corrected chi connectivity index (χ3v) is 8.09. The van der Waals surface area contributed by atoms with Crippen molar-refractivity contribution in [3.05, 3.63) is 35.1 Å². The van der Waals surface area contributed by atoms with Crippen LogP contribution in [0.3, 0.4) is 0 Å². The number of carbonyl (C=O) groups is 1. The first-order chi connectivity index (χ1) is 14.7. The number of hydrogen-bond acceptors (Lipinski definition) is 7. The fraction of sp³-hybridized carbons (Fsp3) is 0.591. The van der Waals surface area contributed by atoms with Gasteiger partial charge in [0.2, 0.25) is 0 Å². The number of amides is 1. The van der Waals surface area contributed by atoms with Crippen LogP contribution in [0, 0.1) is 0 Å². The zero-order valence-electron chi connectivity index (χ0n) is 17.8. The first-order valence-electron chi connectivity index (χ1n) is 10.7. The van der Waals surface area contributed by atoms with E-state index in [4.69, 9.17) is 9.47 Å². The zero-order valence-corrected chi connectivity index (χ0v) is 19.4. The molecule has 2 aromatic rings. The lowest BCUT2D eigenvalue weighted by Crippen LogP contribution is -2.58. The summed E-state index contributed by atoms with van der Waals surface area (Å²) in [6, 6.07) is 2.24. The lowest BCUT2D eigenvalue weighted by atomic mass is 9.81. The van der Waals surface area contributed by atoms with Gasteiger partial charge in [-0.05, 0) is 50.4 Å². The number of methoxy groups -OCH3 is 1. The van der Waals surface area contributed by atoms with Gasteiger partial charge in [0.15, 0.2) is 0 Å². The zero-order chi connectivity index (χ0) is 20.6. The van der Waals surface area contributed by atoms with Crippen molar-refractivity contribution in [2.75, 3.05) is 39.9 Å². The molecule has 3 aliphatic heterocycles. The lowest BCUT2D eigenvalue weighted by Gasteiger charge is -2.46. The molecule has 9 heteroatoms. The van der Waals surface area contributed by atoms with Crippen molar-refractivity contribution in [1.29, 1.82) is 0 Å². The van der Waals surface area contributed by atoms with Crippen LogP contribution in [-0.4, -0.2) is 66.3 Å². The highest BCUT2D eigenvalue weighted by molar-refractivity contribution is 7.15. The minimum atomic E-state index is -0.671. The van der Waals surface area contributed by atoms with Crippen LogP contribution in [0.15, 0.2) is 24.7 Å². The molecular formula is C22H29ClN4O3S. The number of ether oxygens (including phenoxy) is 2. The van der Waals surface area contributed by atoms with E-state index in [2.05, 4.69) is 21.4 Å². The maximum Gasteiger partial charge on any atom is 0.254 e. The van der Waals surface area contributed by atoms with E-state index >= 15 is 0 Å². The Morgan fingerprint density at radius 3 is 2.68 bits per heavy atom. The summed E-state index contributed by atoms with van der Waals surface area (Å²) in [6.07, 6.45) is 9.29. The van der Waals surface area contributed by atoms with Crippen LogP contribution in [0.25, 0.3) is 10.6 Å². The summed E-state index contributed by atoms with van der Waals surface area (Å²) >= 11 is 1.80. The smallest absolute Gasteiger partial charge is 0.254 e. The maximum absolute atomic E-state index is 13.3. The average molecular weight is 465 g/mol. The standard InChI is InChI=1S/C22H28N4O3S.ClH/c1-28-22(3-7-23-8-4-22)20(27)26-11-5-21(6-12-26)16-14-19(17-15-24-9-10-25-17)30-18(16)2-13-29-21;/h9-10,14-15,23H,2-8,11-13H2,1H3;1H. The molecule has 2 aromatic heterocycles. The molecule has 2 saturated heterocycles. The van der Waals surface area contributed by atoms with Crippen LogP contribution >= 0.6 is 23.7 Å². The van der Waals surface area contributed by atoms with Gasteiger partial charge >= 0.3 is 0 Å². The molecule has 168 valence electrons. The summed E-state index contributed by atoms with van der Waals surface area (Å²) in [6.45, 7) is 3.78. The Hall–Kier alpha value is -1.58. The quantitative estimate of drug-likeness (QED) is 0.752. The highest BCUT2D eigenvalue weighted by Gasteiger charge is 2.47. The second kappa shape index (κ2) is 9.11. The van der Waals surface area contributed by atoms with Crippen LogP contribution in [0.2, 0.25) is 0 Å². The molecule has 0 saturated carbocycles. The van der Waals surface area contributed by atoms with E-state index < -0.39 is 5.60 Å². The van der Waals surface area contributed by atoms with Gasteiger partial charge in [0, 0.05) is 43.9 Å². The van der Waals surface area contributed by atoms with E-state index in [0.717, 1.165) is 62.4 Å². The minimum Gasteiger partial charge on any atom is -0.370 e. The lowest BCUT2D eigenvalue weighted by molar-refractivity contribution is -0.165. The molecule has 1 amide bonds. The monoisotopic (exact) mass is 464 g/mol. The van der Waals surface area contributed by atoms with Crippen molar-refractivity contribution in [3.8, 4) is 10.6 Å². The normalized spacial score (nSPS) is 21.9. The van der Waals surface area contributed by atoms with Gasteiger partial charge in [0.1, 0.15) is 5.60 Å². The first-order valence-corrected chi connectivity index (χ1v) is 11.6. The van der Waals surface area contributed by atoms with Crippen molar-refractivity contribution < 1.29 is 14.3 Å². The molecule has 0 radical (unpaired) electrons. The van der Waals surface area contributed by atoms with E-state index in [9.17, 15) is 4.79 Å². The average Bonchev–Trinajstić information content (AvgIpc) is 3.26. The Bertz CT molecular complexity index is 909. The number of hydrogen-bond donors (Lipinski definition) is 1. The summed E-state index contributed by atoms with van der Waals surface area (Å²) in [5.74, 6) is 0.142. The van der Waals surface area contributed by atoms with E-state index in [-0.39, 0.29) is 23.9 Å². The van der Waals surface area contributed by atoms with Crippen molar-refractivity contribution in [1.82, 2.24) is 20.2 Å². The molecule has 5 rings (SSSR count). The number of nitrogens with zero attached hydrogens (tertiary/aromatic N) is 3. The van der Waals surface area contributed by atoms with Gasteiger partial charge in [-0.3, -0.25) is 14.8 Å². The van der Waals surface area contributed by atoms with E-state index in [1.54, 1.807) is 30.8 Å².